The number of nitrogens with one attached hydrogen (secondary N) is 2. The van der Waals surface area contributed by atoms with Crippen LogP contribution in [0.5, 0.6) is 0 Å². The average molecular weight is 248 g/mol. The first-order valence-electron chi connectivity index (χ1n) is 6.14. The quantitative estimate of drug-likeness (QED) is 0.748. The molecular weight excluding hydrogens is 228 g/mol. The molecule has 2 rings (SSSR count). The molecule has 0 aromatic carbocycles. The first-order chi connectivity index (χ1) is 8.59. The molecular formula is C12H20N6. The molecule has 0 aliphatic rings. The van der Waals surface area contributed by atoms with Gasteiger partial charge < -0.3 is 16.0 Å². The lowest BCUT2D eigenvalue weighted by Crippen LogP contribution is -2.10. The lowest BCUT2D eigenvalue weighted by atomic mass is 10.1. The molecule has 0 radical (unpaired) electrons. The predicted molar refractivity (Wildman–Crippen MR) is 72.5 cm³/mol. The van der Waals surface area contributed by atoms with Crippen LogP contribution < -0.4 is 11.1 Å². The van der Waals surface area contributed by atoms with Crippen LogP contribution in [0.25, 0.3) is 0 Å². The number of H-pyrrole nitrogens is 1. The number of nitrogens with zero attached hydrogens (tertiary/aromatic N) is 3. The van der Waals surface area contributed by atoms with E-state index in [0.717, 1.165) is 36.0 Å². The summed E-state index contributed by atoms with van der Waals surface area (Å²) < 4.78 is 1.80. The van der Waals surface area contributed by atoms with Crippen molar-refractivity contribution in [3.8, 4) is 0 Å². The Bertz CT molecular complexity index is 497. The molecule has 0 saturated carbocycles. The zero-order chi connectivity index (χ0) is 13.1. The summed E-state index contributed by atoms with van der Waals surface area (Å²) in [6.07, 6.45) is 4.41. The minimum absolute atomic E-state index is 0.330. The maximum atomic E-state index is 6.10. The van der Waals surface area contributed by atoms with Gasteiger partial charge in [0.2, 0.25) is 0 Å². The number of aromatic amines is 1. The summed E-state index contributed by atoms with van der Waals surface area (Å²) in [5.41, 5.74) is 7.78. The molecule has 0 aliphatic carbocycles. The highest BCUT2D eigenvalue weighted by molar-refractivity contribution is 5.65. The van der Waals surface area contributed by atoms with Crippen LogP contribution >= 0.6 is 0 Å². The second-order valence-electron chi connectivity index (χ2n) is 4.64. The highest BCUT2D eigenvalue weighted by Gasteiger charge is 2.15. The topological polar surface area (TPSA) is 84.5 Å². The Kier molecular flexibility index (Phi) is 3.55. The Morgan fingerprint density at radius 2 is 2.28 bits per heavy atom. The van der Waals surface area contributed by atoms with E-state index < -0.39 is 0 Å². The van der Waals surface area contributed by atoms with Crippen molar-refractivity contribution >= 4 is 11.5 Å². The van der Waals surface area contributed by atoms with Crippen molar-refractivity contribution in [3.63, 3.8) is 0 Å². The van der Waals surface area contributed by atoms with Gasteiger partial charge in [0.25, 0.3) is 0 Å². The normalized spacial score (nSPS) is 11.1. The Balaban J connectivity index is 2.01. The first kappa shape index (κ1) is 12.5. The molecule has 2 aromatic rings. The molecule has 0 unspecified atom stereocenters. The zero-order valence-electron chi connectivity index (χ0n) is 11.1. The number of nitrogen functional groups attached to an aromatic ring is 1. The third-order valence-electron chi connectivity index (χ3n) is 2.87. The largest absolute Gasteiger partial charge is 0.394 e. The Labute approximate surface area is 107 Å². The molecule has 2 aromatic heterocycles. The van der Waals surface area contributed by atoms with E-state index in [1.165, 1.54) is 0 Å². The third-order valence-corrected chi connectivity index (χ3v) is 2.87. The number of hydrogen-bond acceptors (Lipinski definition) is 4. The summed E-state index contributed by atoms with van der Waals surface area (Å²) in [5, 5.41) is 7.74. The number of anilines is 2. The molecule has 4 N–H and O–H groups in total. The first-order valence-corrected chi connectivity index (χ1v) is 6.14. The van der Waals surface area contributed by atoms with Gasteiger partial charge >= 0.3 is 0 Å². The number of hydrogen-bond donors (Lipinski definition) is 3. The zero-order valence-corrected chi connectivity index (χ0v) is 11.1. The van der Waals surface area contributed by atoms with Crippen LogP contribution in [0, 0.1) is 0 Å². The summed E-state index contributed by atoms with van der Waals surface area (Å²) in [6.45, 7) is 4.95. The summed E-state index contributed by atoms with van der Waals surface area (Å²) in [6, 6.07) is 0. The van der Waals surface area contributed by atoms with Gasteiger partial charge in [-0.3, -0.25) is 4.68 Å². The van der Waals surface area contributed by atoms with E-state index in [4.69, 9.17) is 5.73 Å². The van der Waals surface area contributed by atoms with Gasteiger partial charge in [0, 0.05) is 32.4 Å². The molecule has 0 spiro atoms. The Morgan fingerprint density at radius 1 is 1.50 bits per heavy atom. The molecule has 0 fully saturated rings. The Hall–Kier alpha value is -1.98. The molecule has 0 saturated heterocycles. The molecule has 2 heterocycles. The van der Waals surface area contributed by atoms with Crippen LogP contribution in [0.4, 0.5) is 11.5 Å². The molecule has 6 heteroatoms. The lowest BCUT2D eigenvalue weighted by Gasteiger charge is -2.06. The molecule has 18 heavy (non-hydrogen) atoms. The van der Waals surface area contributed by atoms with Crippen molar-refractivity contribution in [2.75, 3.05) is 17.6 Å². The molecule has 0 atom stereocenters. The van der Waals surface area contributed by atoms with Crippen molar-refractivity contribution in [3.05, 3.63) is 23.9 Å². The van der Waals surface area contributed by atoms with E-state index >= 15 is 0 Å². The van der Waals surface area contributed by atoms with Crippen LogP contribution in [-0.2, 0) is 13.5 Å². The molecule has 0 aliphatic heterocycles. The Morgan fingerprint density at radius 3 is 2.83 bits per heavy atom. The van der Waals surface area contributed by atoms with E-state index in [-0.39, 0.29) is 0 Å². The molecule has 98 valence electrons. The number of aryl methyl sites for hydroxylation is 1. The number of imidazole rings is 1. The average Bonchev–Trinajstić information content (AvgIpc) is 2.91. The van der Waals surface area contributed by atoms with Crippen molar-refractivity contribution in [1.29, 1.82) is 0 Å². The number of rotatable bonds is 5. The van der Waals surface area contributed by atoms with Crippen LogP contribution in [0.15, 0.2) is 12.4 Å². The summed E-state index contributed by atoms with van der Waals surface area (Å²) in [4.78, 5) is 7.25. The van der Waals surface area contributed by atoms with Crippen molar-refractivity contribution in [2.24, 2.45) is 7.05 Å². The van der Waals surface area contributed by atoms with Crippen LogP contribution in [0.3, 0.4) is 0 Å². The SMILES string of the molecule is CC(C)c1nn(C)c(NCCc2ncc[nH]2)c1N. The minimum atomic E-state index is 0.330. The maximum absolute atomic E-state index is 6.10. The highest BCUT2D eigenvalue weighted by Crippen LogP contribution is 2.27. The van der Waals surface area contributed by atoms with Gasteiger partial charge in [0.05, 0.1) is 11.4 Å². The van der Waals surface area contributed by atoms with Gasteiger partial charge in [-0.05, 0) is 5.92 Å². The molecule has 0 bridgehead atoms. The van der Waals surface area contributed by atoms with Crippen LogP contribution in [0.2, 0.25) is 0 Å². The fraction of sp³-hybridized carbons (Fsp3) is 0.500. The number of aromatic nitrogens is 4. The van der Waals surface area contributed by atoms with Gasteiger partial charge in [-0.25, -0.2) is 4.98 Å². The summed E-state index contributed by atoms with van der Waals surface area (Å²) >= 11 is 0. The van der Waals surface area contributed by atoms with E-state index in [9.17, 15) is 0 Å². The smallest absolute Gasteiger partial charge is 0.147 e. The molecule has 0 amide bonds. The second kappa shape index (κ2) is 5.12. The van der Waals surface area contributed by atoms with Crippen LogP contribution in [0.1, 0.15) is 31.3 Å². The van der Waals surface area contributed by atoms with Gasteiger partial charge in [0.15, 0.2) is 0 Å². The van der Waals surface area contributed by atoms with E-state index in [1.807, 2.05) is 13.2 Å². The summed E-state index contributed by atoms with van der Waals surface area (Å²) in [5.74, 6) is 2.18. The number of nitrogens with two attached hydrogens (primary N) is 1. The van der Waals surface area contributed by atoms with Crippen molar-refractivity contribution < 1.29 is 0 Å². The second-order valence-corrected chi connectivity index (χ2v) is 4.64. The van der Waals surface area contributed by atoms with E-state index in [2.05, 4.69) is 34.2 Å². The van der Waals surface area contributed by atoms with E-state index in [1.54, 1.807) is 10.9 Å². The van der Waals surface area contributed by atoms with Crippen molar-refractivity contribution in [1.82, 2.24) is 19.7 Å². The fourth-order valence-electron chi connectivity index (χ4n) is 1.93. The fourth-order valence-corrected chi connectivity index (χ4v) is 1.93. The maximum Gasteiger partial charge on any atom is 0.147 e. The predicted octanol–water partition coefficient (Wildman–Crippen LogP) is 1.50. The summed E-state index contributed by atoms with van der Waals surface area (Å²) in [7, 11) is 1.90. The van der Waals surface area contributed by atoms with Crippen LogP contribution in [-0.4, -0.2) is 26.3 Å². The van der Waals surface area contributed by atoms with Gasteiger partial charge in [-0.2, -0.15) is 5.10 Å². The lowest BCUT2D eigenvalue weighted by molar-refractivity contribution is 0.714. The monoisotopic (exact) mass is 248 g/mol. The van der Waals surface area contributed by atoms with Crippen molar-refractivity contribution in [2.45, 2.75) is 26.2 Å². The molecule has 6 nitrogen and oxygen atoms in total. The van der Waals surface area contributed by atoms with E-state index in [0.29, 0.717) is 5.92 Å². The highest BCUT2D eigenvalue weighted by atomic mass is 15.3. The van der Waals surface area contributed by atoms with Gasteiger partial charge in [-0.1, -0.05) is 13.8 Å². The third kappa shape index (κ3) is 2.47. The van der Waals surface area contributed by atoms with Gasteiger partial charge in [-0.15, -0.1) is 0 Å². The minimum Gasteiger partial charge on any atom is -0.394 e. The van der Waals surface area contributed by atoms with Gasteiger partial charge in [0.1, 0.15) is 11.6 Å². The standard InChI is InChI=1S/C12H20N6/c1-8(2)11-10(13)12(18(3)17-11)16-5-4-9-14-6-7-15-9/h6-8,16H,4-5,13H2,1-3H3,(H,14,15).